The first-order valence-electron chi connectivity index (χ1n) is 7.33. The zero-order valence-corrected chi connectivity index (χ0v) is 13.8. The fraction of sp³-hybridized carbons (Fsp3) is 0.278. The molecule has 0 saturated heterocycles. The predicted octanol–water partition coefficient (Wildman–Crippen LogP) is 5.05. The van der Waals surface area contributed by atoms with Crippen molar-refractivity contribution < 1.29 is 4.79 Å². The molecule has 22 heavy (non-hydrogen) atoms. The number of fused-ring (bicyclic) bond motifs is 1. The van der Waals surface area contributed by atoms with E-state index in [-0.39, 0.29) is 6.04 Å². The average Bonchev–Trinajstić information content (AvgIpc) is 2.55. The van der Waals surface area contributed by atoms with Crippen LogP contribution in [0.2, 0.25) is 10.0 Å². The molecule has 2 aromatic rings. The van der Waals surface area contributed by atoms with E-state index in [9.17, 15) is 4.79 Å². The van der Waals surface area contributed by atoms with Gasteiger partial charge in [-0.2, -0.15) is 0 Å². The molecule has 0 spiro atoms. The smallest absolute Gasteiger partial charge is 0.209 e. The fourth-order valence-electron chi connectivity index (χ4n) is 3.34. The van der Waals surface area contributed by atoms with E-state index in [0.717, 1.165) is 19.3 Å². The normalized spacial score (nSPS) is 20.3. The highest BCUT2D eigenvalue weighted by molar-refractivity contribution is 6.42. The third kappa shape index (κ3) is 2.73. The molecule has 0 bridgehead atoms. The molecule has 0 heterocycles. The minimum atomic E-state index is 0.146. The molecule has 0 radical (unpaired) electrons. The molecule has 2 nitrogen and oxygen atoms in total. The Balaban J connectivity index is 2.04. The average molecular weight is 334 g/mol. The van der Waals surface area contributed by atoms with Gasteiger partial charge in [-0.05, 0) is 41.7 Å². The second-order valence-corrected chi connectivity index (χ2v) is 6.53. The molecule has 0 aromatic heterocycles. The first-order chi connectivity index (χ1) is 10.6. The molecule has 1 aliphatic carbocycles. The van der Waals surface area contributed by atoms with Crippen LogP contribution in [0.3, 0.4) is 0 Å². The van der Waals surface area contributed by atoms with Crippen LogP contribution in [0.5, 0.6) is 0 Å². The Morgan fingerprint density at radius 1 is 1.05 bits per heavy atom. The van der Waals surface area contributed by atoms with E-state index < -0.39 is 0 Å². The number of carbonyl (C=O) groups excluding carboxylic acids is 1. The van der Waals surface area contributed by atoms with Gasteiger partial charge in [0.15, 0.2) is 0 Å². The SMILES string of the molecule is CN(C=O)[C@@H]1CC[C@@H](c2ccc(Cl)c(Cl)c2)c2ccccc21. The molecular formula is C18H17Cl2NO. The number of rotatable bonds is 3. The molecule has 114 valence electrons. The van der Waals surface area contributed by atoms with Crippen LogP contribution in [-0.2, 0) is 4.79 Å². The Hall–Kier alpha value is -1.51. The number of nitrogens with zero attached hydrogens (tertiary/aromatic N) is 1. The van der Waals surface area contributed by atoms with Crippen molar-refractivity contribution in [2.75, 3.05) is 7.05 Å². The van der Waals surface area contributed by atoms with Crippen molar-refractivity contribution in [1.82, 2.24) is 4.90 Å². The maximum absolute atomic E-state index is 11.1. The summed E-state index contributed by atoms with van der Waals surface area (Å²) in [5.74, 6) is 0.294. The number of hydrogen-bond donors (Lipinski definition) is 0. The lowest BCUT2D eigenvalue weighted by Gasteiger charge is -2.35. The Morgan fingerprint density at radius 2 is 1.77 bits per heavy atom. The summed E-state index contributed by atoms with van der Waals surface area (Å²) in [6.45, 7) is 0. The highest BCUT2D eigenvalue weighted by Gasteiger charge is 2.29. The van der Waals surface area contributed by atoms with Gasteiger partial charge in [0.05, 0.1) is 16.1 Å². The Kier molecular flexibility index (Phi) is 4.42. The summed E-state index contributed by atoms with van der Waals surface area (Å²) in [4.78, 5) is 12.9. The first-order valence-corrected chi connectivity index (χ1v) is 8.08. The van der Waals surface area contributed by atoms with Crippen LogP contribution in [0.15, 0.2) is 42.5 Å². The summed E-state index contributed by atoms with van der Waals surface area (Å²) in [5.41, 5.74) is 3.67. The van der Waals surface area contributed by atoms with Crippen LogP contribution in [0, 0.1) is 0 Å². The fourth-order valence-corrected chi connectivity index (χ4v) is 3.65. The van der Waals surface area contributed by atoms with E-state index in [1.807, 2.05) is 37.4 Å². The monoisotopic (exact) mass is 333 g/mol. The standard InChI is InChI=1S/C18H17Cl2NO/c1-21(11-22)18-9-7-13(14-4-2-3-5-15(14)18)12-6-8-16(19)17(20)10-12/h2-6,8,10-11,13,18H,7,9H2,1H3/t13-,18+/m0/s1. The van der Waals surface area contributed by atoms with Crippen LogP contribution in [0.4, 0.5) is 0 Å². The zero-order chi connectivity index (χ0) is 15.7. The van der Waals surface area contributed by atoms with Gasteiger partial charge < -0.3 is 4.90 Å². The molecule has 0 fully saturated rings. The molecule has 4 heteroatoms. The predicted molar refractivity (Wildman–Crippen MR) is 90.5 cm³/mol. The largest absolute Gasteiger partial charge is 0.341 e. The van der Waals surface area contributed by atoms with Crippen molar-refractivity contribution in [1.29, 1.82) is 0 Å². The van der Waals surface area contributed by atoms with Gasteiger partial charge in [0.1, 0.15) is 0 Å². The highest BCUT2D eigenvalue weighted by atomic mass is 35.5. The molecule has 0 saturated carbocycles. The van der Waals surface area contributed by atoms with Crippen molar-refractivity contribution in [2.45, 2.75) is 24.8 Å². The zero-order valence-electron chi connectivity index (χ0n) is 12.3. The second kappa shape index (κ2) is 6.31. The van der Waals surface area contributed by atoms with Crippen molar-refractivity contribution in [2.24, 2.45) is 0 Å². The summed E-state index contributed by atoms with van der Waals surface area (Å²) >= 11 is 12.2. The third-order valence-electron chi connectivity index (χ3n) is 4.46. The lowest BCUT2D eigenvalue weighted by molar-refractivity contribution is -0.119. The van der Waals surface area contributed by atoms with E-state index in [0.29, 0.717) is 16.0 Å². The Labute approximate surface area is 140 Å². The molecule has 2 aromatic carbocycles. The molecule has 0 aliphatic heterocycles. The van der Waals surface area contributed by atoms with Gasteiger partial charge in [-0.3, -0.25) is 4.79 Å². The van der Waals surface area contributed by atoms with Gasteiger partial charge in [-0.1, -0.05) is 53.5 Å². The van der Waals surface area contributed by atoms with Gasteiger partial charge in [0.25, 0.3) is 0 Å². The lowest BCUT2D eigenvalue weighted by atomic mass is 9.76. The summed E-state index contributed by atoms with van der Waals surface area (Å²) in [6, 6.07) is 14.3. The van der Waals surface area contributed by atoms with E-state index in [1.54, 1.807) is 4.90 Å². The summed E-state index contributed by atoms with van der Waals surface area (Å²) < 4.78 is 0. The summed E-state index contributed by atoms with van der Waals surface area (Å²) in [6.07, 6.45) is 2.83. The maximum atomic E-state index is 11.1. The number of amides is 1. The van der Waals surface area contributed by atoms with E-state index in [1.165, 1.54) is 16.7 Å². The van der Waals surface area contributed by atoms with Gasteiger partial charge in [0.2, 0.25) is 6.41 Å². The minimum Gasteiger partial charge on any atom is -0.341 e. The molecule has 0 N–H and O–H groups in total. The summed E-state index contributed by atoms with van der Waals surface area (Å²) in [7, 11) is 1.84. The number of halogens is 2. The van der Waals surface area contributed by atoms with Crippen molar-refractivity contribution in [3.8, 4) is 0 Å². The van der Waals surface area contributed by atoms with Crippen molar-refractivity contribution >= 4 is 29.6 Å². The molecule has 0 unspecified atom stereocenters. The highest BCUT2D eigenvalue weighted by Crippen LogP contribution is 2.43. The van der Waals surface area contributed by atoms with E-state index in [2.05, 4.69) is 12.1 Å². The first kappa shape index (κ1) is 15.4. The van der Waals surface area contributed by atoms with Gasteiger partial charge >= 0.3 is 0 Å². The van der Waals surface area contributed by atoms with Crippen LogP contribution >= 0.6 is 23.2 Å². The maximum Gasteiger partial charge on any atom is 0.209 e. The molecular weight excluding hydrogens is 317 g/mol. The van der Waals surface area contributed by atoms with Crippen LogP contribution in [0.25, 0.3) is 0 Å². The van der Waals surface area contributed by atoms with E-state index in [4.69, 9.17) is 23.2 Å². The van der Waals surface area contributed by atoms with Gasteiger partial charge in [0, 0.05) is 13.0 Å². The number of hydrogen-bond acceptors (Lipinski definition) is 1. The topological polar surface area (TPSA) is 20.3 Å². The quantitative estimate of drug-likeness (QED) is 0.720. The molecule has 1 amide bonds. The van der Waals surface area contributed by atoms with Crippen LogP contribution < -0.4 is 0 Å². The van der Waals surface area contributed by atoms with E-state index >= 15 is 0 Å². The van der Waals surface area contributed by atoms with Crippen LogP contribution in [-0.4, -0.2) is 18.4 Å². The molecule has 2 atom stereocenters. The van der Waals surface area contributed by atoms with Gasteiger partial charge in [-0.25, -0.2) is 0 Å². The lowest BCUT2D eigenvalue weighted by Crippen LogP contribution is -2.28. The molecule has 1 aliphatic rings. The Bertz CT molecular complexity index is 701. The minimum absolute atomic E-state index is 0.146. The third-order valence-corrected chi connectivity index (χ3v) is 5.20. The number of benzene rings is 2. The van der Waals surface area contributed by atoms with Crippen molar-refractivity contribution in [3.05, 3.63) is 69.2 Å². The Morgan fingerprint density at radius 3 is 2.45 bits per heavy atom. The van der Waals surface area contributed by atoms with Gasteiger partial charge in [-0.15, -0.1) is 0 Å². The summed E-state index contributed by atoms with van der Waals surface area (Å²) in [5, 5.41) is 1.16. The number of carbonyl (C=O) groups is 1. The second-order valence-electron chi connectivity index (χ2n) is 5.72. The van der Waals surface area contributed by atoms with Crippen LogP contribution in [0.1, 0.15) is 41.5 Å². The van der Waals surface area contributed by atoms with Crippen molar-refractivity contribution in [3.63, 3.8) is 0 Å². The molecule has 3 rings (SSSR count).